The Balaban J connectivity index is 1.95. The van der Waals surface area contributed by atoms with Crippen molar-refractivity contribution in [3.8, 4) is 5.75 Å². The standard InChI is InChI=1S/C19H27NO4/c1-3-4-7-14-24-16-10-8-15(9-11-16)17(21)20-19(18(22)23-2)12-5-6-13-19/h8-11H,3-7,12-14H2,1-2H3,(H,20,21). The van der Waals surface area contributed by atoms with E-state index < -0.39 is 5.54 Å². The molecule has 0 heterocycles. The van der Waals surface area contributed by atoms with Crippen LogP contribution in [0.2, 0.25) is 0 Å². The molecule has 1 fully saturated rings. The molecule has 5 heteroatoms. The highest BCUT2D eigenvalue weighted by Crippen LogP contribution is 2.31. The van der Waals surface area contributed by atoms with E-state index in [0.29, 0.717) is 25.0 Å². The molecule has 1 aromatic rings. The lowest BCUT2D eigenvalue weighted by Gasteiger charge is -2.27. The summed E-state index contributed by atoms with van der Waals surface area (Å²) in [5.74, 6) is 0.148. The molecule has 0 aromatic heterocycles. The van der Waals surface area contributed by atoms with Gasteiger partial charge in [0.05, 0.1) is 13.7 Å². The molecule has 0 unspecified atom stereocenters. The number of rotatable bonds is 8. The highest BCUT2D eigenvalue weighted by atomic mass is 16.5. The van der Waals surface area contributed by atoms with Gasteiger partial charge in [-0.3, -0.25) is 4.79 Å². The molecular formula is C19H27NO4. The second-order valence-electron chi connectivity index (χ2n) is 6.31. The largest absolute Gasteiger partial charge is 0.494 e. The Morgan fingerprint density at radius 1 is 1.12 bits per heavy atom. The van der Waals surface area contributed by atoms with E-state index in [2.05, 4.69) is 12.2 Å². The second kappa shape index (κ2) is 8.71. The minimum absolute atomic E-state index is 0.250. The summed E-state index contributed by atoms with van der Waals surface area (Å²) in [5, 5.41) is 2.88. The molecule has 0 atom stereocenters. The van der Waals surface area contributed by atoms with Crippen molar-refractivity contribution in [1.29, 1.82) is 0 Å². The van der Waals surface area contributed by atoms with Gasteiger partial charge in [0.25, 0.3) is 5.91 Å². The number of amides is 1. The predicted octanol–water partition coefficient (Wildman–Crippen LogP) is 3.47. The van der Waals surface area contributed by atoms with Gasteiger partial charge < -0.3 is 14.8 Å². The number of methoxy groups -OCH3 is 1. The highest BCUT2D eigenvalue weighted by Gasteiger charge is 2.43. The van der Waals surface area contributed by atoms with Gasteiger partial charge in [0.15, 0.2) is 0 Å². The average Bonchev–Trinajstić information content (AvgIpc) is 3.08. The van der Waals surface area contributed by atoms with E-state index in [1.54, 1.807) is 24.3 Å². The fourth-order valence-electron chi connectivity index (χ4n) is 3.09. The van der Waals surface area contributed by atoms with Crippen molar-refractivity contribution in [3.63, 3.8) is 0 Å². The molecule has 0 aliphatic heterocycles. The molecule has 1 aliphatic rings. The van der Waals surface area contributed by atoms with Crippen LogP contribution in [0.25, 0.3) is 0 Å². The van der Waals surface area contributed by atoms with Crippen LogP contribution < -0.4 is 10.1 Å². The van der Waals surface area contributed by atoms with Crippen molar-refractivity contribution in [2.75, 3.05) is 13.7 Å². The summed E-state index contributed by atoms with van der Waals surface area (Å²) in [5.41, 5.74) is -0.354. The van der Waals surface area contributed by atoms with E-state index in [0.717, 1.165) is 37.9 Å². The number of hydrogen-bond acceptors (Lipinski definition) is 4. The van der Waals surface area contributed by atoms with Crippen molar-refractivity contribution in [2.24, 2.45) is 0 Å². The number of carbonyl (C=O) groups is 2. The van der Waals surface area contributed by atoms with E-state index in [1.807, 2.05) is 0 Å². The number of unbranched alkanes of at least 4 members (excludes halogenated alkanes) is 2. The molecule has 1 N–H and O–H groups in total. The zero-order valence-electron chi connectivity index (χ0n) is 14.6. The maximum Gasteiger partial charge on any atom is 0.331 e. The number of benzene rings is 1. The van der Waals surface area contributed by atoms with E-state index in [1.165, 1.54) is 7.11 Å². The first-order chi connectivity index (χ1) is 11.6. The van der Waals surface area contributed by atoms with Gasteiger partial charge in [-0.1, -0.05) is 32.6 Å². The monoisotopic (exact) mass is 333 g/mol. The van der Waals surface area contributed by atoms with Gasteiger partial charge in [-0.25, -0.2) is 4.79 Å². The minimum Gasteiger partial charge on any atom is -0.494 e. The maximum absolute atomic E-state index is 12.5. The Morgan fingerprint density at radius 3 is 2.38 bits per heavy atom. The van der Waals surface area contributed by atoms with E-state index >= 15 is 0 Å². The van der Waals surface area contributed by atoms with Crippen molar-refractivity contribution < 1.29 is 19.1 Å². The number of hydrogen-bond donors (Lipinski definition) is 1. The second-order valence-corrected chi connectivity index (χ2v) is 6.31. The summed E-state index contributed by atoms with van der Waals surface area (Å²) >= 11 is 0. The lowest BCUT2D eigenvalue weighted by atomic mass is 9.97. The van der Waals surface area contributed by atoms with Crippen LogP contribution in [0.3, 0.4) is 0 Å². The Hall–Kier alpha value is -2.04. The molecule has 2 rings (SSSR count). The zero-order chi connectivity index (χ0) is 17.4. The summed E-state index contributed by atoms with van der Waals surface area (Å²) in [6, 6.07) is 7.04. The average molecular weight is 333 g/mol. The lowest BCUT2D eigenvalue weighted by Crippen LogP contribution is -2.53. The normalized spacial score (nSPS) is 15.8. The summed E-state index contributed by atoms with van der Waals surface area (Å²) in [4.78, 5) is 24.5. The number of ether oxygens (including phenoxy) is 2. The molecule has 24 heavy (non-hydrogen) atoms. The molecule has 0 radical (unpaired) electrons. The van der Waals surface area contributed by atoms with E-state index in [4.69, 9.17) is 9.47 Å². The fourth-order valence-corrected chi connectivity index (χ4v) is 3.09. The quantitative estimate of drug-likeness (QED) is 0.584. The first-order valence-corrected chi connectivity index (χ1v) is 8.75. The molecule has 1 amide bonds. The van der Waals surface area contributed by atoms with Crippen molar-refractivity contribution in [2.45, 2.75) is 57.4 Å². The van der Waals surface area contributed by atoms with Gasteiger partial charge in [0.1, 0.15) is 11.3 Å². The topological polar surface area (TPSA) is 64.6 Å². The van der Waals surface area contributed by atoms with Crippen LogP contribution in [-0.4, -0.2) is 31.1 Å². The first kappa shape index (κ1) is 18.3. The number of esters is 1. The van der Waals surface area contributed by atoms with Crippen molar-refractivity contribution in [1.82, 2.24) is 5.32 Å². The number of carbonyl (C=O) groups excluding carboxylic acids is 2. The SMILES string of the molecule is CCCCCOc1ccc(C(=O)NC2(C(=O)OC)CCCC2)cc1. The summed E-state index contributed by atoms with van der Waals surface area (Å²) < 4.78 is 10.5. The Bertz CT molecular complexity index is 547. The Morgan fingerprint density at radius 2 is 1.79 bits per heavy atom. The van der Waals surface area contributed by atoms with Crippen molar-refractivity contribution >= 4 is 11.9 Å². The fraction of sp³-hybridized carbons (Fsp3) is 0.579. The summed E-state index contributed by atoms with van der Waals surface area (Å²) in [6.07, 6.45) is 6.43. The van der Waals surface area contributed by atoms with E-state index in [9.17, 15) is 9.59 Å². The highest BCUT2D eigenvalue weighted by molar-refractivity contribution is 5.98. The van der Waals surface area contributed by atoms with Gasteiger partial charge in [-0.2, -0.15) is 0 Å². The van der Waals surface area contributed by atoms with Gasteiger partial charge in [-0.15, -0.1) is 0 Å². The van der Waals surface area contributed by atoms with Gasteiger partial charge >= 0.3 is 5.97 Å². The van der Waals surface area contributed by atoms with Gasteiger partial charge in [0.2, 0.25) is 0 Å². The van der Waals surface area contributed by atoms with Crippen LogP contribution >= 0.6 is 0 Å². The molecule has 5 nitrogen and oxygen atoms in total. The molecule has 1 saturated carbocycles. The van der Waals surface area contributed by atoms with Gasteiger partial charge in [0, 0.05) is 5.56 Å². The third-order valence-corrected chi connectivity index (χ3v) is 4.52. The smallest absolute Gasteiger partial charge is 0.331 e. The third kappa shape index (κ3) is 4.49. The van der Waals surface area contributed by atoms with Crippen LogP contribution in [0.15, 0.2) is 24.3 Å². The van der Waals surface area contributed by atoms with Crippen LogP contribution in [0.5, 0.6) is 5.75 Å². The molecule has 0 spiro atoms. The van der Waals surface area contributed by atoms with Crippen molar-refractivity contribution in [3.05, 3.63) is 29.8 Å². The van der Waals surface area contributed by atoms with Crippen LogP contribution in [0.4, 0.5) is 0 Å². The minimum atomic E-state index is -0.874. The Kier molecular flexibility index (Phi) is 6.64. The summed E-state index contributed by atoms with van der Waals surface area (Å²) in [6.45, 7) is 2.84. The van der Waals surface area contributed by atoms with Gasteiger partial charge in [-0.05, 0) is 43.5 Å². The lowest BCUT2D eigenvalue weighted by molar-refractivity contribution is -0.148. The molecule has 1 aromatic carbocycles. The molecule has 0 saturated heterocycles. The first-order valence-electron chi connectivity index (χ1n) is 8.75. The van der Waals surface area contributed by atoms with Crippen LogP contribution in [0.1, 0.15) is 62.2 Å². The Labute approximate surface area is 143 Å². The van der Waals surface area contributed by atoms with Crippen LogP contribution in [0, 0.1) is 0 Å². The van der Waals surface area contributed by atoms with E-state index in [-0.39, 0.29) is 11.9 Å². The predicted molar refractivity (Wildman–Crippen MR) is 92.1 cm³/mol. The maximum atomic E-state index is 12.5. The molecular weight excluding hydrogens is 306 g/mol. The molecule has 132 valence electrons. The molecule has 1 aliphatic carbocycles. The molecule has 0 bridgehead atoms. The van der Waals surface area contributed by atoms with Crippen LogP contribution in [-0.2, 0) is 9.53 Å². The third-order valence-electron chi connectivity index (χ3n) is 4.52. The summed E-state index contributed by atoms with van der Waals surface area (Å²) in [7, 11) is 1.36. The zero-order valence-corrected chi connectivity index (χ0v) is 14.6. The number of nitrogens with one attached hydrogen (secondary N) is 1.